The van der Waals surface area contributed by atoms with Gasteiger partial charge in [0.2, 0.25) is 11.7 Å². The van der Waals surface area contributed by atoms with Crippen LogP contribution in [0.15, 0.2) is 88.8 Å². The van der Waals surface area contributed by atoms with E-state index in [2.05, 4.69) is 10.2 Å². The van der Waals surface area contributed by atoms with E-state index in [4.69, 9.17) is 4.74 Å². The summed E-state index contributed by atoms with van der Waals surface area (Å²) in [5.74, 6) is 1.32. The molecule has 3 aromatic carbocycles. The van der Waals surface area contributed by atoms with E-state index in [9.17, 15) is 9.59 Å². The monoisotopic (exact) mass is 499 g/mol. The minimum atomic E-state index is -0.126. The van der Waals surface area contributed by atoms with Crippen LogP contribution in [0.4, 0.5) is 0 Å². The molecule has 5 aromatic rings. The molecule has 9 heteroatoms. The van der Waals surface area contributed by atoms with Crippen molar-refractivity contribution in [2.24, 2.45) is 0 Å². The standard InChI is InChI=1S/C27H25N5O3S/c1-30(17-20-12-6-9-15-23(20)35-2)24(33)18-36-27-29-28-26-31(16-19-10-4-3-5-11-19)25(34)21-13-7-8-14-22(21)32(26)27/h3-15H,16-18H2,1-2H3. The molecular weight excluding hydrogens is 474 g/mol. The van der Waals surface area contributed by atoms with Gasteiger partial charge in [0.05, 0.1) is 30.3 Å². The predicted octanol–water partition coefficient (Wildman–Crippen LogP) is 3.85. The number of hydrogen-bond acceptors (Lipinski definition) is 6. The van der Waals surface area contributed by atoms with Gasteiger partial charge in [-0.1, -0.05) is 72.4 Å². The van der Waals surface area contributed by atoms with E-state index in [0.29, 0.717) is 34.9 Å². The van der Waals surface area contributed by atoms with Crippen molar-refractivity contribution in [2.45, 2.75) is 18.2 Å². The number of amides is 1. The Morgan fingerprint density at radius 3 is 2.50 bits per heavy atom. The zero-order chi connectivity index (χ0) is 25.1. The van der Waals surface area contributed by atoms with Crippen LogP contribution in [0.5, 0.6) is 5.75 Å². The average Bonchev–Trinajstić information content (AvgIpc) is 3.34. The molecule has 0 aliphatic heterocycles. The summed E-state index contributed by atoms with van der Waals surface area (Å²) in [5, 5.41) is 9.84. The Kier molecular flexibility index (Phi) is 6.73. The molecule has 5 rings (SSSR count). The van der Waals surface area contributed by atoms with Crippen LogP contribution in [0, 0.1) is 0 Å². The Hall–Kier alpha value is -4.11. The van der Waals surface area contributed by atoms with Gasteiger partial charge in [0.15, 0.2) is 5.16 Å². The van der Waals surface area contributed by atoms with E-state index in [0.717, 1.165) is 16.9 Å². The molecular formula is C27H25N5O3S. The van der Waals surface area contributed by atoms with Crippen LogP contribution in [0.2, 0.25) is 0 Å². The second-order valence-electron chi connectivity index (χ2n) is 8.36. The highest BCUT2D eigenvalue weighted by Crippen LogP contribution is 2.23. The average molecular weight is 500 g/mol. The fourth-order valence-corrected chi connectivity index (χ4v) is 5.03. The Morgan fingerprint density at radius 2 is 1.69 bits per heavy atom. The van der Waals surface area contributed by atoms with Crippen molar-refractivity contribution in [1.82, 2.24) is 24.1 Å². The predicted molar refractivity (Wildman–Crippen MR) is 140 cm³/mol. The zero-order valence-corrected chi connectivity index (χ0v) is 20.8. The molecule has 0 spiro atoms. The number of rotatable bonds is 8. The van der Waals surface area contributed by atoms with Crippen LogP contribution in [-0.2, 0) is 17.9 Å². The first-order chi connectivity index (χ1) is 17.6. The van der Waals surface area contributed by atoms with E-state index in [1.54, 1.807) is 29.7 Å². The molecule has 0 unspecified atom stereocenters. The number of methoxy groups -OCH3 is 1. The number of para-hydroxylation sites is 2. The second kappa shape index (κ2) is 10.2. The third kappa shape index (κ3) is 4.57. The van der Waals surface area contributed by atoms with Crippen LogP contribution in [-0.4, -0.2) is 49.9 Å². The van der Waals surface area contributed by atoms with Crippen molar-refractivity contribution < 1.29 is 9.53 Å². The summed E-state index contributed by atoms with van der Waals surface area (Å²) in [5.41, 5.74) is 2.51. The summed E-state index contributed by atoms with van der Waals surface area (Å²) in [7, 11) is 3.39. The molecule has 0 fully saturated rings. The van der Waals surface area contributed by atoms with E-state index < -0.39 is 0 Å². The highest BCUT2D eigenvalue weighted by molar-refractivity contribution is 7.99. The SMILES string of the molecule is COc1ccccc1CN(C)C(=O)CSc1nnc2n(Cc3ccccc3)c(=O)c3ccccc3n12. The van der Waals surface area contributed by atoms with Crippen LogP contribution in [0.1, 0.15) is 11.1 Å². The number of nitrogens with zero attached hydrogens (tertiary/aromatic N) is 5. The lowest BCUT2D eigenvalue weighted by Crippen LogP contribution is -2.28. The number of thioether (sulfide) groups is 1. The van der Waals surface area contributed by atoms with Crippen LogP contribution >= 0.6 is 11.8 Å². The van der Waals surface area contributed by atoms with Gasteiger partial charge in [0, 0.05) is 19.2 Å². The number of carbonyl (C=O) groups is 1. The Bertz CT molecular complexity index is 1600. The van der Waals surface area contributed by atoms with Crippen molar-refractivity contribution in [2.75, 3.05) is 19.9 Å². The molecule has 0 aliphatic carbocycles. The fraction of sp³-hybridized carbons (Fsp3) is 0.185. The molecule has 0 radical (unpaired) electrons. The minimum absolute atomic E-state index is 0.0513. The van der Waals surface area contributed by atoms with Crippen LogP contribution in [0.25, 0.3) is 16.7 Å². The molecule has 0 bridgehead atoms. The second-order valence-corrected chi connectivity index (χ2v) is 9.30. The zero-order valence-electron chi connectivity index (χ0n) is 20.0. The Labute approximate surface area is 212 Å². The lowest BCUT2D eigenvalue weighted by molar-refractivity contribution is -0.127. The third-order valence-electron chi connectivity index (χ3n) is 6.01. The van der Waals surface area contributed by atoms with Crippen molar-refractivity contribution >= 4 is 34.3 Å². The molecule has 2 heterocycles. The third-order valence-corrected chi connectivity index (χ3v) is 6.93. The number of aromatic nitrogens is 4. The van der Waals surface area contributed by atoms with Crippen LogP contribution in [0.3, 0.4) is 0 Å². The van der Waals surface area contributed by atoms with E-state index >= 15 is 0 Å². The number of ether oxygens (including phenoxy) is 1. The van der Waals surface area contributed by atoms with Crippen molar-refractivity contribution in [3.63, 3.8) is 0 Å². The van der Waals surface area contributed by atoms with E-state index in [-0.39, 0.29) is 17.2 Å². The lowest BCUT2D eigenvalue weighted by atomic mass is 10.2. The summed E-state index contributed by atoms with van der Waals surface area (Å²) in [6.07, 6.45) is 0. The Balaban J connectivity index is 1.44. The summed E-state index contributed by atoms with van der Waals surface area (Å²) in [6.45, 7) is 0.806. The molecule has 0 saturated heterocycles. The quantitative estimate of drug-likeness (QED) is 0.302. The number of benzene rings is 3. The lowest BCUT2D eigenvalue weighted by Gasteiger charge is -2.18. The maximum atomic E-state index is 13.3. The highest BCUT2D eigenvalue weighted by atomic mass is 32.2. The van der Waals surface area contributed by atoms with Gasteiger partial charge in [0.1, 0.15) is 5.75 Å². The van der Waals surface area contributed by atoms with Crippen molar-refractivity contribution in [3.05, 3.63) is 100 Å². The van der Waals surface area contributed by atoms with Gasteiger partial charge in [-0.05, 0) is 23.8 Å². The number of fused-ring (bicyclic) bond motifs is 3. The van der Waals surface area contributed by atoms with Gasteiger partial charge in [-0.25, -0.2) is 0 Å². The molecule has 182 valence electrons. The molecule has 2 aromatic heterocycles. The first kappa shape index (κ1) is 23.6. The molecule has 36 heavy (non-hydrogen) atoms. The fourth-order valence-electron chi connectivity index (χ4n) is 4.15. The normalized spacial score (nSPS) is 11.2. The largest absolute Gasteiger partial charge is 0.496 e. The first-order valence-electron chi connectivity index (χ1n) is 11.5. The number of hydrogen-bond donors (Lipinski definition) is 0. The summed E-state index contributed by atoms with van der Waals surface area (Å²) in [4.78, 5) is 28.0. The summed E-state index contributed by atoms with van der Waals surface area (Å²) < 4.78 is 8.89. The molecule has 0 atom stereocenters. The highest BCUT2D eigenvalue weighted by Gasteiger charge is 2.19. The van der Waals surface area contributed by atoms with Gasteiger partial charge in [0.25, 0.3) is 5.56 Å². The van der Waals surface area contributed by atoms with Gasteiger partial charge in [-0.15, -0.1) is 10.2 Å². The topological polar surface area (TPSA) is 81.7 Å². The van der Waals surface area contributed by atoms with Crippen molar-refractivity contribution in [3.8, 4) is 5.75 Å². The Morgan fingerprint density at radius 1 is 0.972 bits per heavy atom. The first-order valence-corrected chi connectivity index (χ1v) is 12.4. The molecule has 0 aliphatic rings. The smallest absolute Gasteiger partial charge is 0.263 e. The van der Waals surface area contributed by atoms with Crippen LogP contribution < -0.4 is 10.3 Å². The molecule has 0 saturated carbocycles. The van der Waals surface area contributed by atoms with Gasteiger partial charge < -0.3 is 9.64 Å². The van der Waals surface area contributed by atoms with Gasteiger partial charge in [-0.2, -0.15) is 0 Å². The maximum Gasteiger partial charge on any atom is 0.263 e. The van der Waals surface area contributed by atoms with Gasteiger partial charge in [-0.3, -0.25) is 18.6 Å². The van der Waals surface area contributed by atoms with Gasteiger partial charge >= 0.3 is 0 Å². The molecule has 8 nitrogen and oxygen atoms in total. The molecule has 1 amide bonds. The summed E-state index contributed by atoms with van der Waals surface area (Å²) in [6, 6.07) is 24.8. The maximum absolute atomic E-state index is 13.3. The summed E-state index contributed by atoms with van der Waals surface area (Å²) >= 11 is 1.30. The number of carbonyl (C=O) groups excluding carboxylic acids is 1. The van der Waals surface area contributed by atoms with E-state index in [1.165, 1.54) is 11.8 Å². The van der Waals surface area contributed by atoms with E-state index in [1.807, 2.05) is 77.2 Å². The molecule has 0 N–H and O–H groups in total. The minimum Gasteiger partial charge on any atom is -0.496 e. The van der Waals surface area contributed by atoms with Crippen molar-refractivity contribution in [1.29, 1.82) is 0 Å².